The third-order valence-electron chi connectivity index (χ3n) is 21.1. The van der Waals surface area contributed by atoms with Crippen molar-refractivity contribution in [2.24, 2.45) is 23.7 Å². The van der Waals surface area contributed by atoms with E-state index in [-0.39, 0.29) is 70.4 Å². The highest BCUT2D eigenvalue weighted by Gasteiger charge is 2.39. The lowest BCUT2D eigenvalue weighted by atomic mass is 9.75. The van der Waals surface area contributed by atoms with Gasteiger partial charge in [-0.2, -0.15) is 0 Å². The van der Waals surface area contributed by atoms with E-state index in [1.165, 1.54) is 0 Å². The second-order valence-electron chi connectivity index (χ2n) is 27.9. The molecule has 5 aliphatic carbocycles. The van der Waals surface area contributed by atoms with E-state index in [4.69, 9.17) is 18.9 Å². The molecule has 0 aromatic heterocycles. The molecule has 4 fully saturated rings. The first-order chi connectivity index (χ1) is 44.5. The van der Waals surface area contributed by atoms with Crippen LogP contribution in [0.15, 0.2) is 146 Å². The number of fused-ring (bicyclic) bond motifs is 8. The zero-order valence-corrected chi connectivity index (χ0v) is 53.3. The first-order valence-electron chi connectivity index (χ1n) is 33.8. The smallest absolute Gasteiger partial charge is 0.127 e. The standard InChI is InChI=1S/C80H88O12/c1-45-5-29-57(30-6-45)89-73-41-69(85)61-37-65(73)78(50-15-23-54(82)24-16-50)63-39-66(74(43-71(63)87)90-58-31-7-46(2)8-32-58)79(51-17-25-55(83)26-18-51)64-40-68(76(44-72(64)88)92-60-35-11-48(4)12-36-60)80(52-19-27-56(84)28-20-52)67-38-62(77(61)49-13-21-53(81)22-14-49)70(86)42-75(67)91-59-33-9-47(3)10-34-59/h13-28,37-48,57-60,77-88H,5-12,29-36H2,1-4H3. The SMILES string of the molecule is CC1CCC(Oc2cc(O)c3cc2C(c2ccc(O)cc2)c2cc(c(OC4CCC(C)CC4)cc2O)C(c2ccc(O)cc2)c2cc(c(OC4CCC(C)CC4)cc2O)C(c2ccc(O)cc2)c2cc(c(O)cc2OC2CCC(C)CC2)C3c2ccc(O)cc2)CC1. The molecule has 92 heavy (non-hydrogen) atoms. The Labute approximate surface area is 540 Å². The topological polar surface area (TPSA) is 199 Å². The minimum atomic E-state index is -0.955. The number of phenolic OH excluding ortho intramolecular Hbond substituents is 8. The van der Waals surface area contributed by atoms with Gasteiger partial charge >= 0.3 is 0 Å². The Morgan fingerprint density at radius 2 is 0.402 bits per heavy atom. The van der Waals surface area contributed by atoms with Crippen LogP contribution in [-0.4, -0.2) is 65.3 Å². The van der Waals surface area contributed by atoms with Gasteiger partial charge in [0.15, 0.2) is 0 Å². The summed E-state index contributed by atoms with van der Waals surface area (Å²) >= 11 is 0. The highest BCUT2D eigenvalue weighted by Crippen LogP contribution is 2.56. The summed E-state index contributed by atoms with van der Waals surface area (Å²) in [6.45, 7) is 9.05. The minimum absolute atomic E-state index is 0.0260. The first kappa shape index (κ1) is 62.2. The van der Waals surface area contributed by atoms with E-state index < -0.39 is 23.7 Å². The molecule has 0 radical (unpaired) electrons. The van der Waals surface area contributed by atoms with E-state index in [2.05, 4.69) is 27.7 Å². The summed E-state index contributed by atoms with van der Waals surface area (Å²) in [5.41, 5.74) is 6.92. The summed E-state index contributed by atoms with van der Waals surface area (Å²) in [6.07, 6.45) is 13.2. The largest absolute Gasteiger partial charge is 0.508 e. The molecule has 0 saturated heterocycles. The molecule has 0 spiro atoms. The predicted molar refractivity (Wildman–Crippen MR) is 357 cm³/mol. The number of rotatable bonds is 12. The van der Waals surface area contributed by atoms with Gasteiger partial charge in [-0.3, -0.25) is 0 Å². The molecule has 0 heterocycles. The van der Waals surface area contributed by atoms with Crippen LogP contribution in [0.5, 0.6) is 69.0 Å². The highest BCUT2D eigenvalue weighted by atomic mass is 16.5. The summed E-state index contributed by atoms with van der Waals surface area (Å²) in [5, 5.41) is 97.2. The van der Waals surface area contributed by atoms with Crippen molar-refractivity contribution in [3.63, 3.8) is 0 Å². The molecule has 0 aliphatic heterocycles. The summed E-state index contributed by atoms with van der Waals surface area (Å²) in [6, 6.07) is 42.5. The minimum Gasteiger partial charge on any atom is -0.508 e. The van der Waals surface area contributed by atoms with E-state index in [9.17, 15) is 40.9 Å². The van der Waals surface area contributed by atoms with Crippen LogP contribution in [0, 0.1) is 23.7 Å². The zero-order valence-electron chi connectivity index (χ0n) is 53.3. The summed E-state index contributed by atoms with van der Waals surface area (Å²) < 4.78 is 29.2. The Balaban J connectivity index is 1.18. The second-order valence-corrected chi connectivity index (χ2v) is 27.9. The van der Waals surface area contributed by atoms with E-state index in [0.717, 1.165) is 108 Å². The van der Waals surface area contributed by atoms with Crippen LogP contribution >= 0.6 is 0 Å². The van der Waals surface area contributed by atoms with Crippen molar-refractivity contribution in [3.05, 3.63) is 212 Å². The van der Waals surface area contributed by atoms with Gasteiger partial charge in [0, 0.05) is 92.4 Å². The van der Waals surface area contributed by atoms with Gasteiger partial charge in [-0.15, -0.1) is 0 Å². The lowest BCUT2D eigenvalue weighted by Crippen LogP contribution is -2.25. The molecule has 480 valence electrons. The number of hydrogen-bond donors (Lipinski definition) is 8. The van der Waals surface area contributed by atoms with E-state index >= 15 is 0 Å². The number of ether oxygens (including phenoxy) is 4. The quantitative estimate of drug-likeness (QED) is 0.0577. The van der Waals surface area contributed by atoms with Gasteiger partial charge < -0.3 is 59.8 Å². The number of aromatic hydroxyl groups is 8. The Kier molecular flexibility index (Phi) is 17.9. The Hall–Kier alpha value is -8.64. The van der Waals surface area contributed by atoms with Gasteiger partial charge in [-0.25, -0.2) is 0 Å². The fourth-order valence-corrected chi connectivity index (χ4v) is 15.5. The number of benzene rings is 8. The average molecular weight is 1240 g/mol. The van der Waals surface area contributed by atoms with E-state index in [1.807, 2.05) is 60.7 Å². The lowest BCUT2D eigenvalue weighted by molar-refractivity contribution is 0.132. The third-order valence-corrected chi connectivity index (χ3v) is 21.1. The molecule has 13 rings (SSSR count). The number of hydrogen-bond acceptors (Lipinski definition) is 12. The summed E-state index contributed by atoms with van der Waals surface area (Å²) in [7, 11) is 0. The fourth-order valence-electron chi connectivity index (χ4n) is 15.5. The molecule has 0 amide bonds. The van der Waals surface area contributed by atoms with Crippen LogP contribution in [0.3, 0.4) is 0 Å². The van der Waals surface area contributed by atoms with Crippen LogP contribution in [0.25, 0.3) is 0 Å². The van der Waals surface area contributed by atoms with Crippen LogP contribution in [0.1, 0.15) is 221 Å². The fraction of sp³-hybridized carbons (Fsp3) is 0.400. The molecule has 4 atom stereocenters. The van der Waals surface area contributed by atoms with Gasteiger partial charge in [-0.05, 0) is 221 Å². The maximum Gasteiger partial charge on any atom is 0.127 e. The Morgan fingerprint density at radius 3 is 0.598 bits per heavy atom. The third kappa shape index (κ3) is 13.2. The molecule has 8 aromatic rings. The Morgan fingerprint density at radius 1 is 0.228 bits per heavy atom. The van der Waals surface area contributed by atoms with Crippen molar-refractivity contribution in [2.75, 3.05) is 0 Å². The van der Waals surface area contributed by atoms with Gasteiger partial charge in [0.1, 0.15) is 69.0 Å². The number of phenols is 8. The second kappa shape index (κ2) is 26.5. The molecular weight excluding hydrogens is 1150 g/mol. The summed E-state index contributed by atoms with van der Waals surface area (Å²) in [5.74, 6) is 0.00626. The van der Waals surface area contributed by atoms with Gasteiger partial charge in [0.25, 0.3) is 0 Å². The molecule has 4 unspecified atom stereocenters. The Bertz CT molecular complexity index is 3870. The molecular formula is C80H88O12. The van der Waals surface area contributed by atoms with Crippen molar-refractivity contribution >= 4 is 0 Å². The van der Waals surface area contributed by atoms with Gasteiger partial charge in [-0.1, -0.05) is 76.2 Å². The normalized spacial score (nSPS) is 25.7. The molecule has 8 aromatic carbocycles. The van der Waals surface area contributed by atoms with Crippen molar-refractivity contribution in [3.8, 4) is 69.0 Å². The molecule has 12 nitrogen and oxygen atoms in total. The lowest BCUT2D eigenvalue weighted by Gasteiger charge is -2.34. The van der Waals surface area contributed by atoms with Gasteiger partial charge in [0.05, 0.1) is 24.4 Å². The highest BCUT2D eigenvalue weighted by molar-refractivity contribution is 5.68. The molecule has 8 bridgehead atoms. The van der Waals surface area contributed by atoms with Gasteiger partial charge in [0.2, 0.25) is 0 Å². The van der Waals surface area contributed by atoms with Crippen LogP contribution in [-0.2, 0) is 0 Å². The van der Waals surface area contributed by atoms with E-state index in [0.29, 0.717) is 108 Å². The monoisotopic (exact) mass is 1240 g/mol. The van der Waals surface area contributed by atoms with Crippen LogP contribution in [0.2, 0.25) is 0 Å². The molecule has 8 N–H and O–H groups in total. The molecule has 12 heteroatoms. The summed E-state index contributed by atoms with van der Waals surface area (Å²) in [4.78, 5) is 0. The maximum atomic E-state index is 13.4. The molecule has 5 aliphatic rings. The van der Waals surface area contributed by atoms with E-state index in [1.54, 1.807) is 84.9 Å². The predicted octanol–water partition coefficient (Wildman–Crippen LogP) is 18.2. The van der Waals surface area contributed by atoms with Crippen molar-refractivity contribution in [2.45, 2.75) is 179 Å². The van der Waals surface area contributed by atoms with Crippen LogP contribution < -0.4 is 18.9 Å². The zero-order chi connectivity index (χ0) is 63.9. The first-order valence-corrected chi connectivity index (χ1v) is 33.8. The van der Waals surface area contributed by atoms with Crippen LogP contribution in [0.4, 0.5) is 0 Å². The maximum absolute atomic E-state index is 13.4. The van der Waals surface area contributed by atoms with Crippen molar-refractivity contribution in [1.82, 2.24) is 0 Å². The van der Waals surface area contributed by atoms with Crippen molar-refractivity contribution in [1.29, 1.82) is 0 Å². The average Bonchev–Trinajstić information content (AvgIpc) is 0.749. The molecule has 4 saturated carbocycles. The van der Waals surface area contributed by atoms with Crippen molar-refractivity contribution < 1.29 is 59.8 Å².